The largest absolute Gasteiger partial charge is 0.497 e. The number of ether oxygens (including phenoxy) is 2. The van der Waals surface area contributed by atoms with Crippen LogP contribution in [0.15, 0.2) is 24.3 Å². The van der Waals surface area contributed by atoms with E-state index >= 15 is 0 Å². The van der Waals surface area contributed by atoms with Gasteiger partial charge < -0.3 is 13.9 Å². The van der Waals surface area contributed by atoms with Crippen LogP contribution in [0.1, 0.15) is 31.2 Å². The molecule has 0 spiro atoms. The van der Waals surface area contributed by atoms with Crippen molar-refractivity contribution in [2.24, 2.45) is 0 Å². The summed E-state index contributed by atoms with van der Waals surface area (Å²) >= 11 is 0. The Labute approximate surface area is 146 Å². The molecule has 1 fully saturated rings. The fraction of sp³-hybridized carbons (Fsp3) is 0.632. The van der Waals surface area contributed by atoms with Gasteiger partial charge in [-0.1, -0.05) is 12.1 Å². The molecule has 24 heavy (non-hydrogen) atoms. The molecule has 0 amide bonds. The van der Waals surface area contributed by atoms with Gasteiger partial charge in [-0.15, -0.1) is 0 Å². The fourth-order valence-electron chi connectivity index (χ4n) is 2.99. The summed E-state index contributed by atoms with van der Waals surface area (Å²) in [6, 6.07) is 7.89. The lowest BCUT2D eigenvalue weighted by molar-refractivity contribution is -0.127. The van der Waals surface area contributed by atoms with E-state index in [1.165, 1.54) is 0 Å². The van der Waals surface area contributed by atoms with Gasteiger partial charge in [0.05, 0.1) is 19.3 Å². The number of hydrogen-bond donors (Lipinski definition) is 0. The van der Waals surface area contributed by atoms with E-state index in [9.17, 15) is 4.79 Å². The highest BCUT2D eigenvalue weighted by Gasteiger charge is 2.32. The van der Waals surface area contributed by atoms with Gasteiger partial charge in [0.1, 0.15) is 11.5 Å². The van der Waals surface area contributed by atoms with E-state index in [-0.39, 0.29) is 18.0 Å². The molecule has 0 aromatic heterocycles. The highest BCUT2D eigenvalue weighted by Crippen LogP contribution is 2.24. The van der Waals surface area contributed by atoms with Crippen molar-refractivity contribution in [3.63, 3.8) is 0 Å². The van der Waals surface area contributed by atoms with Gasteiger partial charge in [-0.2, -0.15) is 0 Å². The molecule has 0 saturated carbocycles. The summed E-state index contributed by atoms with van der Waals surface area (Å²) in [6.07, 6.45) is 3.79. The molecule has 1 heterocycles. The first kappa shape index (κ1) is 19.2. The summed E-state index contributed by atoms with van der Waals surface area (Å²) in [5.74, 6) is 1.09. The highest BCUT2D eigenvalue weighted by molar-refractivity contribution is 6.69. The molecule has 5 heteroatoms. The second-order valence-electron chi connectivity index (χ2n) is 7.41. The maximum Gasteiger partial charge on any atom is 0.184 e. The maximum atomic E-state index is 12.4. The number of carbonyl (C=O) groups is 1. The highest BCUT2D eigenvalue weighted by atomic mass is 28.4. The molecule has 2 rings (SSSR count). The van der Waals surface area contributed by atoms with Crippen molar-refractivity contribution in [2.75, 3.05) is 13.7 Å². The normalized spacial score (nSPS) is 21.5. The molecule has 1 aromatic carbocycles. The Morgan fingerprint density at radius 3 is 2.58 bits per heavy atom. The van der Waals surface area contributed by atoms with E-state index < -0.39 is 8.32 Å². The van der Waals surface area contributed by atoms with E-state index in [1.54, 1.807) is 7.11 Å². The van der Waals surface area contributed by atoms with Crippen LogP contribution in [0.2, 0.25) is 19.6 Å². The molecule has 1 aliphatic rings. The molecule has 0 bridgehead atoms. The van der Waals surface area contributed by atoms with Gasteiger partial charge in [0.15, 0.2) is 8.32 Å². The number of hydrogen-bond acceptors (Lipinski definition) is 4. The van der Waals surface area contributed by atoms with Crippen LogP contribution in [0.3, 0.4) is 0 Å². The molecule has 1 aromatic rings. The van der Waals surface area contributed by atoms with E-state index in [2.05, 4.69) is 19.6 Å². The van der Waals surface area contributed by atoms with Gasteiger partial charge in [0.25, 0.3) is 0 Å². The van der Waals surface area contributed by atoms with Gasteiger partial charge in [-0.05, 0) is 56.6 Å². The van der Waals surface area contributed by atoms with E-state index in [0.29, 0.717) is 12.8 Å². The Balaban J connectivity index is 1.83. The predicted octanol–water partition coefficient (Wildman–Crippen LogP) is 3.99. The Bertz CT molecular complexity index is 521. The number of methoxy groups -OCH3 is 1. The quantitative estimate of drug-likeness (QED) is 0.665. The molecular weight excluding hydrogens is 320 g/mol. The first-order valence-corrected chi connectivity index (χ1v) is 12.2. The molecule has 134 valence electrons. The smallest absolute Gasteiger partial charge is 0.184 e. The molecule has 1 aliphatic heterocycles. The Kier molecular flexibility index (Phi) is 7.01. The van der Waals surface area contributed by atoms with Crippen molar-refractivity contribution in [1.82, 2.24) is 0 Å². The van der Waals surface area contributed by atoms with Crippen LogP contribution >= 0.6 is 0 Å². The minimum absolute atomic E-state index is 0.0751. The zero-order valence-corrected chi connectivity index (χ0v) is 16.3. The molecule has 4 nitrogen and oxygen atoms in total. The van der Waals surface area contributed by atoms with Crippen molar-refractivity contribution in [3.05, 3.63) is 29.8 Å². The second-order valence-corrected chi connectivity index (χ2v) is 11.9. The summed E-state index contributed by atoms with van der Waals surface area (Å²) in [4.78, 5) is 12.4. The van der Waals surface area contributed by atoms with Crippen LogP contribution in [0.25, 0.3) is 0 Å². The lowest BCUT2D eigenvalue weighted by Gasteiger charge is -2.35. The maximum absolute atomic E-state index is 12.4. The van der Waals surface area contributed by atoms with Crippen molar-refractivity contribution >= 4 is 14.1 Å². The van der Waals surface area contributed by atoms with Crippen molar-refractivity contribution in [1.29, 1.82) is 0 Å². The van der Waals surface area contributed by atoms with Crippen LogP contribution in [-0.2, 0) is 20.4 Å². The zero-order valence-electron chi connectivity index (χ0n) is 15.3. The van der Waals surface area contributed by atoms with Crippen molar-refractivity contribution in [3.8, 4) is 5.75 Å². The molecule has 0 unspecified atom stereocenters. The molecule has 0 N–H and O–H groups in total. The third-order valence-electron chi connectivity index (χ3n) is 4.16. The number of aryl methyl sites for hydroxylation is 1. The Morgan fingerprint density at radius 1 is 1.25 bits per heavy atom. The summed E-state index contributed by atoms with van der Waals surface area (Å²) < 4.78 is 17.2. The number of Topliss-reactive ketones (excluding diaryl/α,β-unsaturated/α-hetero) is 1. The second kappa shape index (κ2) is 8.79. The number of ketones is 1. The number of benzene rings is 1. The lowest BCUT2D eigenvalue weighted by Crippen LogP contribution is -2.43. The molecule has 2 atom stereocenters. The zero-order chi connectivity index (χ0) is 17.6. The molecule has 1 saturated heterocycles. The standard InChI is InChI=1S/C19H30O4Si/c1-21-17-11-8-15(9-12-17)7-10-16(20)14-19-18(6-5-13-22-19)23-24(2,3)4/h8-9,11-12,18-19H,5-7,10,13-14H2,1-4H3/t18-,19-/m1/s1. The van der Waals surface area contributed by atoms with Crippen LogP contribution in [0.5, 0.6) is 5.75 Å². The third kappa shape index (κ3) is 6.38. The Morgan fingerprint density at radius 2 is 1.96 bits per heavy atom. The number of carbonyl (C=O) groups excluding carboxylic acids is 1. The predicted molar refractivity (Wildman–Crippen MR) is 98.1 cm³/mol. The molecule has 0 radical (unpaired) electrons. The monoisotopic (exact) mass is 350 g/mol. The van der Waals surface area contributed by atoms with Crippen molar-refractivity contribution < 1.29 is 18.7 Å². The third-order valence-corrected chi connectivity index (χ3v) is 5.17. The average Bonchev–Trinajstić information content (AvgIpc) is 2.54. The van der Waals surface area contributed by atoms with E-state index in [0.717, 1.165) is 37.2 Å². The molecule has 0 aliphatic carbocycles. The summed E-state index contributed by atoms with van der Waals surface area (Å²) in [7, 11) is 0.0336. The summed E-state index contributed by atoms with van der Waals surface area (Å²) in [5.41, 5.74) is 1.16. The van der Waals surface area contributed by atoms with Gasteiger partial charge >= 0.3 is 0 Å². The Hall–Kier alpha value is -1.17. The SMILES string of the molecule is COc1ccc(CCC(=O)C[C@H]2OCCC[C@H]2O[Si](C)(C)C)cc1. The number of rotatable bonds is 8. The lowest BCUT2D eigenvalue weighted by atomic mass is 9.98. The summed E-state index contributed by atoms with van der Waals surface area (Å²) in [6.45, 7) is 7.29. The first-order valence-electron chi connectivity index (χ1n) is 8.81. The van der Waals surface area contributed by atoms with Gasteiger partial charge in [-0.25, -0.2) is 0 Å². The van der Waals surface area contributed by atoms with Gasteiger partial charge in [0.2, 0.25) is 0 Å². The van der Waals surface area contributed by atoms with Gasteiger partial charge in [-0.3, -0.25) is 4.79 Å². The fourth-order valence-corrected chi connectivity index (χ4v) is 4.17. The summed E-state index contributed by atoms with van der Waals surface area (Å²) in [5, 5.41) is 0. The van der Waals surface area contributed by atoms with E-state index in [1.807, 2.05) is 24.3 Å². The van der Waals surface area contributed by atoms with Crippen LogP contribution in [0, 0.1) is 0 Å². The minimum Gasteiger partial charge on any atom is -0.497 e. The van der Waals surface area contributed by atoms with Crippen molar-refractivity contribution in [2.45, 2.75) is 64.0 Å². The first-order chi connectivity index (χ1) is 11.4. The van der Waals surface area contributed by atoms with Crippen LogP contribution in [-0.4, -0.2) is 40.0 Å². The van der Waals surface area contributed by atoms with Crippen LogP contribution in [0.4, 0.5) is 0 Å². The van der Waals surface area contributed by atoms with Gasteiger partial charge in [0, 0.05) is 19.4 Å². The molecular formula is C19H30O4Si. The minimum atomic E-state index is -1.62. The van der Waals surface area contributed by atoms with Crippen LogP contribution < -0.4 is 4.74 Å². The average molecular weight is 351 g/mol. The topological polar surface area (TPSA) is 44.8 Å². The van der Waals surface area contributed by atoms with E-state index in [4.69, 9.17) is 13.9 Å².